The van der Waals surface area contributed by atoms with Crippen LogP contribution in [0.4, 0.5) is 0 Å². The van der Waals surface area contributed by atoms with Gasteiger partial charge in [0.25, 0.3) is 0 Å². The Kier molecular flexibility index (Phi) is 3.32. The number of hydrogen-bond donors (Lipinski definition) is 2. The Morgan fingerprint density at radius 1 is 1.11 bits per heavy atom. The van der Waals surface area contributed by atoms with E-state index in [2.05, 4.69) is 40.3 Å². The molecular formula is C14H20N4. The van der Waals surface area contributed by atoms with Crippen LogP contribution in [-0.4, -0.2) is 47.6 Å². The molecule has 0 amide bonds. The van der Waals surface area contributed by atoms with E-state index in [-0.39, 0.29) is 0 Å². The van der Waals surface area contributed by atoms with Crippen molar-refractivity contribution in [2.75, 3.05) is 32.7 Å². The number of hydrazine groups is 1. The number of nitrogens with two attached hydrogens (primary N) is 1. The first-order valence-electron chi connectivity index (χ1n) is 6.60. The summed E-state index contributed by atoms with van der Waals surface area (Å²) < 4.78 is 0. The van der Waals surface area contributed by atoms with Crippen molar-refractivity contribution >= 4 is 10.9 Å². The van der Waals surface area contributed by atoms with E-state index in [1.54, 1.807) is 0 Å². The number of nitrogens with one attached hydrogen (secondary N) is 1. The van der Waals surface area contributed by atoms with Gasteiger partial charge >= 0.3 is 0 Å². The maximum absolute atomic E-state index is 5.76. The highest BCUT2D eigenvalue weighted by molar-refractivity contribution is 5.83. The lowest BCUT2D eigenvalue weighted by molar-refractivity contribution is 0.135. The van der Waals surface area contributed by atoms with Gasteiger partial charge in [0.05, 0.1) is 0 Å². The molecule has 1 aromatic heterocycles. The Hall–Kier alpha value is -1.36. The molecule has 1 aliphatic rings. The van der Waals surface area contributed by atoms with Gasteiger partial charge in [-0.3, -0.25) is 5.84 Å². The predicted molar refractivity (Wildman–Crippen MR) is 74.2 cm³/mol. The molecule has 1 fully saturated rings. The van der Waals surface area contributed by atoms with Crippen LogP contribution in [0.15, 0.2) is 30.5 Å². The monoisotopic (exact) mass is 244 g/mol. The van der Waals surface area contributed by atoms with Crippen molar-refractivity contribution in [3.8, 4) is 0 Å². The van der Waals surface area contributed by atoms with E-state index in [0.29, 0.717) is 0 Å². The molecule has 0 radical (unpaired) electrons. The lowest BCUT2D eigenvalue weighted by atomic mass is 10.1. The maximum atomic E-state index is 5.76. The van der Waals surface area contributed by atoms with Crippen molar-refractivity contribution in [2.45, 2.75) is 6.42 Å². The quantitative estimate of drug-likeness (QED) is 0.798. The maximum Gasteiger partial charge on any atom is 0.0456 e. The van der Waals surface area contributed by atoms with Crippen molar-refractivity contribution < 1.29 is 0 Å². The van der Waals surface area contributed by atoms with Gasteiger partial charge in [-0.05, 0) is 18.1 Å². The molecule has 18 heavy (non-hydrogen) atoms. The highest BCUT2D eigenvalue weighted by atomic mass is 15.4. The number of nitrogens with zero attached hydrogens (tertiary/aromatic N) is 2. The van der Waals surface area contributed by atoms with Crippen molar-refractivity contribution in [3.05, 3.63) is 36.0 Å². The number of rotatable bonds is 3. The molecule has 0 aliphatic carbocycles. The second kappa shape index (κ2) is 5.10. The van der Waals surface area contributed by atoms with Crippen LogP contribution in [0.1, 0.15) is 5.56 Å². The third-order valence-corrected chi connectivity index (χ3v) is 3.78. The van der Waals surface area contributed by atoms with Crippen molar-refractivity contribution in [3.63, 3.8) is 0 Å². The molecule has 2 aromatic rings. The summed E-state index contributed by atoms with van der Waals surface area (Å²) in [6.07, 6.45) is 3.25. The highest BCUT2D eigenvalue weighted by Gasteiger charge is 2.14. The van der Waals surface area contributed by atoms with Crippen molar-refractivity contribution in [1.29, 1.82) is 0 Å². The van der Waals surface area contributed by atoms with E-state index in [9.17, 15) is 0 Å². The molecule has 0 unspecified atom stereocenters. The van der Waals surface area contributed by atoms with Crippen LogP contribution in [0.3, 0.4) is 0 Å². The molecule has 0 bridgehead atoms. The summed E-state index contributed by atoms with van der Waals surface area (Å²) in [5, 5.41) is 3.26. The third-order valence-electron chi connectivity index (χ3n) is 3.78. The number of aromatic nitrogens is 1. The minimum atomic E-state index is 0.980. The van der Waals surface area contributed by atoms with Crippen LogP contribution in [-0.2, 0) is 6.42 Å². The molecule has 4 heteroatoms. The molecule has 0 atom stereocenters. The van der Waals surface area contributed by atoms with E-state index < -0.39 is 0 Å². The van der Waals surface area contributed by atoms with Crippen LogP contribution in [0.2, 0.25) is 0 Å². The molecule has 2 heterocycles. The molecular weight excluding hydrogens is 224 g/mol. The van der Waals surface area contributed by atoms with Crippen LogP contribution in [0.5, 0.6) is 0 Å². The average Bonchev–Trinajstić information content (AvgIpc) is 2.82. The lowest BCUT2D eigenvalue weighted by Gasteiger charge is -2.31. The Balaban J connectivity index is 1.63. The van der Waals surface area contributed by atoms with Gasteiger partial charge in [-0.1, -0.05) is 18.2 Å². The first-order chi connectivity index (χ1) is 8.83. The number of hydrogen-bond acceptors (Lipinski definition) is 3. The molecule has 1 aliphatic heterocycles. The normalized spacial score (nSPS) is 18.5. The van der Waals surface area contributed by atoms with Gasteiger partial charge in [0, 0.05) is 49.8 Å². The van der Waals surface area contributed by atoms with Crippen LogP contribution < -0.4 is 5.84 Å². The van der Waals surface area contributed by atoms with Gasteiger partial charge in [-0.2, -0.15) is 0 Å². The standard InChI is InChI=1S/C14H20N4/c15-18-9-7-17(8-10-18)6-5-12-11-16-14-4-2-1-3-13(12)14/h1-4,11,16H,5-10,15H2. The topological polar surface area (TPSA) is 48.3 Å². The molecule has 4 nitrogen and oxygen atoms in total. The molecule has 3 N–H and O–H groups in total. The van der Waals surface area contributed by atoms with E-state index in [0.717, 1.165) is 39.1 Å². The first-order valence-corrected chi connectivity index (χ1v) is 6.60. The summed E-state index contributed by atoms with van der Waals surface area (Å²) in [7, 11) is 0. The molecule has 0 saturated carbocycles. The summed E-state index contributed by atoms with van der Waals surface area (Å²) >= 11 is 0. The molecule has 3 rings (SSSR count). The van der Waals surface area contributed by atoms with Crippen molar-refractivity contribution in [1.82, 2.24) is 14.9 Å². The summed E-state index contributed by atoms with van der Waals surface area (Å²) in [5.41, 5.74) is 2.65. The van der Waals surface area contributed by atoms with Gasteiger partial charge in [0.15, 0.2) is 0 Å². The minimum absolute atomic E-state index is 0.980. The fourth-order valence-electron chi connectivity index (χ4n) is 2.60. The Morgan fingerprint density at radius 3 is 2.72 bits per heavy atom. The summed E-state index contributed by atoms with van der Waals surface area (Å²) in [6, 6.07) is 8.50. The van der Waals surface area contributed by atoms with Gasteiger partial charge in [0.1, 0.15) is 0 Å². The number of benzene rings is 1. The Labute approximate surface area is 107 Å². The Morgan fingerprint density at radius 2 is 1.89 bits per heavy atom. The van der Waals surface area contributed by atoms with Gasteiger partial charge in [-0.25, -0.2) is 5.01 Å². The molecule has 0 spiro atoms. The third kappa shape index (κ3) is 2.41. The van der Waals surface area contributed by atoms with E-state index in [1.807, 2.05) is 5.01 Å². The second-order valence-electron chi connectivity index (χ2n) is 4.99. The smallest absolute Gasteiger partial charge is 0.0456 e. The summed E-state index contributed by atoms with van der Waals surface area (Å²) in [6.45, 7) is 5.25. The second-order valence-corrected chi connectivity index (χ2v) is 4.99. The average molecular weight is 244 g/mol. The zero-order valence-corrected chi connectivity index (χ0v) is 10.6. The van der Waals surface area contributed by atoms with Gasteiger partial charge in [0.2, 0.25) is 0 Å². The van der Waals surface area contributed by atoms with Gasteiger partial charge < -0.3 is 9.88 Å². The number of fused-ring (bicyclic) bond motifs is 1. The zero-order chi connectivity index (χ0) is 12.4. The van der Waals surface area contributed by atoms with Crippen molar-refractivity contribution in [2.24, 2.45) is 5.84 Å². The number of para-hydroxylation sites is 1. The zero-order valence-electron chi connectivity index (χ0n) is 10.6. The SMILES string of the molecule is NN1CCN(CCc2c[nH]c3ccccc23)CC1. The van der Waals surface area contributed by atoms with Crippen LogP contribution >= 0.6 is 0 Å². The van der Waals surface area contributed by atoms with Crippen LogP contribution in [0, 0.1) is 0 Å². The van der Waals surface area contributed by atoms with Crippen LogP contribution in [0.25, 0.3) is 10.9 Å². The summed E-state index contributed by atoms with van der Waals surface area (Å²) in [5.74, 6) is 5.76. The number of H-pyrrole nitrogens is 1. The predicted octanol–water partition coefficient (Wildman–Crippen LogP) is 1.20. The van der Waals surface area contributed by atoms with E-state index in [1.165, 1.54) is 16.5 Å². The Bertz CT molecular complexity index is 511. The molecule has 96 valence electrons. The highest BCUT2D eigenvalue weighted by Crippen LogP contribution is 2.18. The first kappa shape index (κ1) is 11.7. The number of aromatic amines is 1. The molecule has 1 aromatic carbocycles. The van der Waals surface area contributed by atoms with Gasteiger partial charge in [-0.15, -0.1) is 0 Å². The number of piperazine rings is 1. The summed E-state index contributed by atoms with van der Waals surface area (Å²) in [4.78, 5) is 5.83. The van der Waals surface area contributed by atoms with E-state index >= 15 is 0 Å². The lowest BCUT2D eigenvalue weighted by Crippen LogP contribution is -2.49. The fraction of sp³-hybridized carbons (Fsp3) is 0.429. The minimum Gasteiger partial charge on any atom is -0.361 e. The fourth-order valence-corrected chi connectivity index (χ4v) is 2.60. The van der Waals surface area contributed by atoms with E-state index in [4.69, 9.17) is 5.84 Å². The molecule has 1 saturated heterocycles. The largest absolute Gasteiger partial charge is 0.361 e.